The fourth-order valence-electron chi connectivity index (χ4n) is 1.89. The number of rotatable bonds is 8. The van der Waals surface area contributed by atoms with E-state index in [0.29, 0.717) is 12.5 Å². The minimum absolute atomic E-state index is 0.199. The first kappa shape index (κ1) is 16.2. The van der Waals surface area contributed by atoms with Crippen molar-refractivity contribution in [2.75, 3.05) is 13.1 Å². The van der Waals surface area contributed by atoms with Gasteiger partial charge < -0.3 is 11.1 Å². The van der Waals surface area contributed by atoms with E-state index in [-0.39, 0.29) is 12.6 Å². The number of hydrogen-bond donors (Lipinski definition) is 2. The molecule has 1 fully saturated rings. The van der Waals surface area contributed by atoms with Gasteiger partial charge >= 0.3 is 6.18 Å². The Bertz CT molecular complexity index is 303. The number of nitrogens with one attached hydrogen (secondary N) is 1. The molecule has 1 unspecified atom stereocenters. The molecule has 0 saturated heterocycles. The number of carbonyl (C=O) groups excluding carboxylic acids is 1. The highest BCUT2D eigenvalue weighted by Gasteiger charge is 2.33. The Morgan fingerprint density at radius 2 is 2.00 bits per heavy atom. The van der Waals surface area contributed by atoms with Crippen LogP contribution in [0.15, 0.2) is 0 Å². The lowest BCUT2D eigenvalue weighted by molar-refractivity contribution is -0.149. The number of nitrogens with zero attached hydrogens (tertiary/aromatic N) is 1. The number of carbonyl (C=O) groups is 1. The Labute approximate surface area is 111 Å². The summed E-state index contributed by atoms with van der Waals surface area (Å²) in [4.78, 5) is 12.6. The molecule has 1 amide bonds. The summed E-state index contributed by atoms with van der Waals surface area (Å²) in [5.74, 6) is -0.498. The van der Waals surface area contributed by atoms with Gasteiger partial charge in [0.05, 0.1) is 12.6 Å². The molecule has 1 atom stereocenters. The highest BCUT2D eigenvalue weighted by Crippen LogP contribution is 2.21. The van der Waals surface area contributed by atoms with Crippen molar-refractivity contribution in [2.45, 2.75) is 57.4 Å². The van der Waals surface area contributed by atoms with Crippen LogP contribution < -0.4 is 11.1 Å². The van der Waals surface area contributed by atoms with Crippen molar-refractivity contribution in [3.63, 3.8) is 0 Å². The van der Waals surface area contributed by atoms with Gasteiger partial charge in [0.25, 0.3) is 0 Å². The molecule has 7 heteroatoms. The quantitative estimate of drug-likeness (QED) is 0.704. The average molecular weight is 281 g/mol. The van der Waals surface area contributed by atoms with Gasteiger partial charge in [-0.3, -0.25) is 9.69 Å². The maximum absolute atomic E-state index is 12.4. The van der Waals surface area contributed by atoms with Crippen LogP contribution in [0, 0.1) is 0 Å². The zero-order valence-corrected chi connectivity index (χ0v) is 11.3. The largest absolute Gasteiger partial charge is 0.401 e. The molecule has 3 N–H and O–H groups in total. The molecule has 0 spiro atoms. The Morgan fingerprint density at radius 1 is 1.42 bits per heavy atom. The summed E-state index contributed by atoms with van der Waals surface area (Å²) in [5, 5.41) is 3.07. The number of nitrogens with two attached hydrogens (primary N) is 1. The monoisotopic (exact) mass is 281 g/mol. The summed E-state index contributed by atoms with van der Waals surface area (Å²) in [6.07, 6.45) is -1.92. The number of halogens is 3. The minimum Gasteiger partial charge on any atom is -0.368 e. The smallest absolute Gasteiger partial charge is 0.368 e. The Kier molecular flexibility index (Phi) is 5.61. The van der Waals surface area contributed by atoms with E-state index in [4.69, 9.17) is 5.73 Å². The molecule has 1 saturated carbocycles. The normalized spacial score (nSPS) is 18.1. The Morgan fingerprint density at radius 3 is 2.37 bits per heavy atom. The van der Waals surface area contributed by atoms with Gasteiger partial charge in [0.1, 0.15) is 0 Å². The Hall–Kier alpha value is -0.820. The highest BCUT2D eigenvalue weighted by molar-refractivity contribution is 5.79. The first-order valence-corrected chi connectivity index (χ1v) is 6.55. The van der Waals surface area contributed by atoms with Crippen molar-refractivity contribution in [3.05, 3.63) is 0 Å². The molecule has 0 aromatic carbocycles. The lowest BCUT2D eigenvalue weighted by Gasteiger charge is -2.28. The van der Waals surface area contributed by atoms with Gasteiger partial charge in [-0.2, -0.15) is 13.2 Å². The van der Waals surface area contributed by atoms with Crippen molar-refractivity contribution in [2.24, 2.45) is 5.73 Å². The molecule has 0 aromatic rings. The molecule has 0 radical (unpaired) electrons. The van der Waals surface area contributed by atoms with Gasteiger partial charge in [-0.05, 0) is 33.1 Å². The van der Waals surface area contributed by atoms with E-state index >= 15 is 0 Å². The summed E-state index contributed by atoms with van der Waals surface area (Å²) in [6.45, 7) is 2.66. The van der Waals surface area contributed by atoms with Gasteiger partial charge in [-0.1, -0.05) is 0 Å². The maximum Gasteiger partial charge on any atom is 0.401 e. The third kappa shape index (κ3) is 6.77. The third-order valence-electron chi connectivity index (χ3n) is 3.18. The van der Waals surface area contributed by atoms with Crippen LogP contribution in [0.3, 0.4) is 0 Å². The van der Waals surface area contributed by atoms with E-state index in [1.165, 1.54) is 4.90 Å². The van der Waals surface area contributed by atoms with E-state index in [1.54, 1.807) is 13.8 Å². The molecule has 4 nitrogen and oxygen atoms in total. The van der Waals surface area contributed by atoms with Crippen LogP contribution in [0.2, 0.25) is 0 Å². The van der Waals surface area contributed by atoms with Crippen LogP contribution >= 0.6 is 0 Å². The lowest BCUT2D eigenvalue weighted by Crippen LogP contribution is -2.46. The minimum atomic E-state index is -4.23. The van der Waals surface area contributed by atoms with Crippen LogP contribution in [0.1, 0.15) is 33.1 Å². The lowest BCUT2D eigenvalue weighted by atomic mass is 10.1. The van der Waals surface area contributed by atoms with E-state index in [0.717, 1.165) is 12.8 Å². The molecule has 0 aromatic heterocycles. The van der Waals surface area contributed by atoms with Crippen molar-refractivity contribution in [1.82, 2.24) is 10.2 Å². The third-order valence-corrected chi connectivity index (χ3v) is 3.18. The summed E-state index contributed by atoms with van der Waals surface area (Å²) >= 11 is 0. The molecule has 0 heterocycles. The van der Waals surface area contributed by atoms with Crippen LogP contribution in [-0.2, 0) is 4.79 Å². The van der Waals surface area contributed by atoms with E-state index in [1.807, 2.05) is 0 Å². The van der Waals surface area contributed by atoms with E-state index in [2.05, 4.69) is 5.32 Å². The molecular weight excluding hydrogens is 259 g/mol. The van der Waals surface area contributed by atoms with Gasteiger partial charge in [0.2, 0.25) is 5.91 Å². The molecule has 1 aliphatic carbocycles. The summed E-state index contributed by atoms with van der Waals surface area (Å²) in [7, 11) is 0. The summed E-state index contributed by atoms with van der Waals surface area (Å²) in [6, 6.07) is -0.467. The maximum atomic E-state index is 12.4. The summed E-state index contributed by atoms with van der Waals surface area (Å²) in [5.41, 5.74) is 5.26. The average Bonchev–Trinajstić information content (AvgIpc) is 3.03. The molecule has 0 bridgehead atoms. The van der Waals surface area contributed by atoms with E-state index < -0.39 is 24.7 Å². The molecule has 112 valence electrons. The van der Waals surface area contributed by atoms with Crippen LogP contribution in [-0.4, -0.2) is 48.2 Å². The number of amides is 1. The van der Waals surface area contributed by atoms with Crippen LogP contribution in [0.25, 0.3) is 0 Å². The molecule has 19 heavy (non-hydrogen) atoms. The van der Waals surface area contributed by atoms with Crippen LogP contribution in [0.4, 0.5) is 13.2 Å². The van der Waals surface area contributed by atoms with Crippen molar-refractivity contribution >= 4 is 5.91 Å². The second kappa shape index (κ2) is 6.56. The predicted octanol–water partition coefficient (Wildman–Crippen LogP) is 1.26. The summed E-state index contributed by atoms with van der Waals surface area (Å²) < 4.78 is 37.3. The first-order valence-electron chi connectivity index (χ1n) is 6.55. The number of hydrogen-bond acceptors (Lipinski definition) is 3. The van der Waals surface area contributed by atoms with Crippen molar-refractivity contribution in [3.8, 4) is 0 Å². The first-order chi connectivity index (χ1) is 8.69. The Balaban J connectivity index is 2.45. The predicted molar refractivity (Wildman–Crippen MR) is 66.5 cm³/mol. The highest BCUT2D eigenvalue weighted by atomic mass is 19.4. The molecular formula is C12H22F3N3O. The number of alkyl halides is 3. The SMILES string of the molecule is CC(C)N(CCC(NC1CC1)C(N)=O)CC(F)(F)F. The standard InChI is InChI=1S/C12H22F3N3O/c1-8(2)18(7-12(13,14)15)6-5-10(11(16)19)17-9-3-4-9/h8-10,17H,3-7H2,1-2H3,(H2,16,19). The molecule has 1 aliphatic rings. The zero-order valence-electron chi connectivity index (χ0n) is 11.3. The van der Waals surface area contributed by atoms with Crippen molar-refractivity contribution in [1.29, 1.82) is 0 Å². The van der Waals surface area contributed by atoms with Gasteiger partial charge in [0.15, 0.2) is 0 Å². The van der Waals surface area contributed by atoms with Crippen molar-refractivity contribution < 1.29 is 18.0 Å². The molecule has 0 aliphatic heterocycles. The van der Waals surface area contributed by atoms with Gasteiger partial charge in [-0.15, -0.1) is 0 Å². The second-order valence-electron chi connectivity index (χ2n) is 5.36. The second-order valence-corrected chi connectivity index (χ2v) is 5.36. The fourth-order valence-corrected chi connectivity index (χ4v) is 1.89. The topological polar surface area (TPSA) is 58.4 Å². The van der Waals surface area contributed by atoms with Crippen LogP contribution in [0.5, 0.6) is 0 Å². The fraction of sp³-hybridized carbons (Fsp3) is 0.917. The van der Waals surface area contributed by atoms with Gasteiger partial charge in [-0.25, -0.2) is 0 Å². The van der Waals surface area contributed by atoms with E-state index in [9.17, 15) is 18.0 Å². The zero-order chi connectivity index (χ0) is 14.6. The number of primary amides is 1. The molecule has 1 rings (SSSR count). The van der Waals surface area contributed by atoms with Gasteiger partial charge in [0, 0.05) is 18.6 Å².